The van der Waals surface area contributed by atoms with Crippen molar-refractivity contribution in [1.29, 1.82) is 0 Å². The predicted molar refractivity (Wildman–Crippen MR) is 170 cm³/mol. The number of amides is 1. The predicted octanol–water partition coefficient (Wildman–Crippen LogP) is -2.15. The molecular formula is C29H56N6O12. The third-order valence-electron chi connectivity index (χ3n) is 7.07. The van der Waals surface area contributed by atoms with Crippen LogP contribution in [0, 0.1) is 0 Å². The molecule has 18 heteroatoms. The number of hydrogen-bond acceptors (Lipinski definition) is 13. The van der Waals surface area contributed by atoms with E-state index in [0.717, 1.165) is 13.0 Å². The molecule has 1 aliphatic heterocycles. The van der Waals surface area contributed by atoms with E-state index in [1.165, 1.54) is 0 Å². The molecule has 0 aromatic heterocycles. The number of carboxylic acid groups (broad SMARTS) is 4. The van der Waals surface area contributed by atoms with Gasteiger partial charge in [0.25, 0.3) is 6.47 Å². The molecule has 0 aromatic carbocycles. The average Bonchev–Trinajstić information content (AvgIpc) is 3.00. The first kappa shape index (κ1) is 44.0. The van der Waals surface area contributed by atoms with Crippen LogP contribution < -0.4 is 11.1 Å². The number of nitrogens with one attached hydrogen (secondary N) is 1. The van der Waals surface area contributed by atoms with E-state index < -0.39 is 23.9 Å². The number of carbonyl (C=O) groups excluding carboxylic acids is 1. The Kier molecular flexibility index (Phi) is 27.3. The van der Waals surface area contributed by atoms with Crippen LogP contribution >= 0.6 is 0 Å². The monoisotopic (exact) mass is 680 g/mol. The summed E-state index contributed by atoms with van der Waals surface area (Å²) in [6.07, 6.45) is 0.997. The highest BCUT2D eigenvalue weighted by Gasteiger charge is 2.28. The van der Waals surface area contributed by atoms with Crippen molar-refractivity contribution in [3.05, 3.63) is 0 Å². The van der Waals surface area contributed by atoms with E-state index in [-0.39, 0.29) is 44.9 Å². The number of nitrogens with two attached hydrogens (primary N) is 1. The van der Waals surface area contributed by atoms with Gasteiger partial charge in [-0.05, 0) is 19.4 Å². The number of aliphatic carboxylic acids is 3. The van der Waals surface area contributed by atoms with Crippen molar-refractivity contribution in [3.63, 3.8) is 0 Å². The standard InChI is InChI=1S/C28H54N6O10.CH2O2/c1-2-7-31-8-9-32(22-26(36)37)10-11-33(23-27(38)39)13-15-34(14-12-31)24(28(40)41)3-4-25(35)30-6-17-43-19-21-44-20-18-42-16-5-29;2-1-3/h24H,2-23,29H2,1H3,(H,30,35)(H,36,37)(H,38,39)(H,40,41);1H,(H,2,3). The lowest BCUT2D eigenvalue weighted by Crippen LogP contribution is -2.51. The van der Waals surface area contributed by atoms with E-state index in [1.807, 2.05) is 11.8 Å². The molecule has 1 heterocycles. The number of carbonyl (C=O) groups is 5. The molecule has 1 aliphatic rings. The van der Waals surface area contributed by atoms with E-state index in [4.69, 9.17) is 29.8 Å². The molecule has 0 spiro atoms. The van der Waals surface area contributed by atoms with Crippen LogP contribution in [0.15, 0.2) is 0 Å². The minimum absolute atomic E-state index is 0.0149. The Morgan fingerprint density at radius 3 is 1.68 bits per heavy atom. The Labute approximate surface area is 276 Å². The van der Waals surface area contributed by atoms with Gasteiger partial charge < -0.3 is 50.6 Å². The van der Waals surface area contributed by atoms with E-state index >= 15 is 0 Å². The summed E-state index contributed by atoms with van der Waals surface area (Å²) in [7, 11) is 0. The van der Waals surface area contributed by atoms with Crippen molar-refractivity contribution in [3.8, 4) is 0 Å². The molecule has 18 nitrogen and oxygen atoms in total. The summed E-state index contributed by atoms with van der Waals surface area (Å²) in [4.78, 5) is 63.6. The number of nitrogens with zero attached hydrogens (tertiary/aromatic N) is 4. The maximum Gasteiger partial charge on any atom is 0.320 e. The highest BCUT2D eigenvalue weighted by atomic mass is 16.5. The van der Waals surface area contributed by atoms with Crippen molar-refractivity contribution in [1.82, 2.24) is 24.9 Å². The van der Waals surface area contributed by atoms with E-state index in [0.29, 0.717) is 98.5 Å². The molecule has 47 heavy (non-hydrogen) atoms. The molecule has 0 radical (unpaired) electrons. The summed E-state index contributed by atoms with van der Waals surface area (Å²) in [5, 5.41) is 38.5. The molecular weight excluding hydrogens is 624 g/mol. The van der Waals surface area contributed by atoms with Gasteiger partial charge in [0.2, 0.25) is 5.91 Å². The van der Waals surface area contributed by atoms with Gasteiger partial charge in [-0.25, -0.2) is 0 Å². The van der Waals surface area contributed by atoms with Crippen molar-refractivity contribution in [2.75, 3.05) is 125 Å². The summed E-state index contributed by atoms with van der Waals surface area (Å²) >= 11 is 0. The lowest BCUT2D eigenvalue weighted by molar-refractivity contribution is -0.144. The van der Waals surface area contributed by atoms with Gasteiger partial charge in [-0.3, -0.25) is 38.7 Å². The second kappa shape index (κ2) is 29.2. The van der Waals surface area contributed by atoms with Crippen LogP contribution in [0.25, 0.3) is 0 Å². The van der Waals surface area contributed by atoms with Gasteiger partial charge in [0.1, 0.15) is 6.04 Å². The lowest BCUT2D eigenvalue weighted by Gasteiger charge is -2.35. The van der Waals surface area contributed by atoms with E-state index in [9.17, 15) is 34.5 Å². The Hall–Kier alpha value is -2.97. The van der Waals surface area contributed by atoms with Crippen molar-refractivity contribution >= 4 is 30.3 Å². The zero-order chi connectivity index (χ0) is 35.3. The van der Waals surface area contributed by atoms with E-state index in [1.54, 1.807) is 9.80 Å². The van der Waals surface area contributed by atoms with Crippen LogP contribution in [0.5, 0.6) is 0 Å². The molecule has 1 rings (SSSR count). The van der Waals surface area contributed by atoms with Crippen LogP contribution in [-0.2, 0) is 38.2 Å². The summed E-state index contributed by atoms with van der Waals surface area (Å²) in [5.74, 6) is -3.28. The smallest absolute Gasteiger partial charge is 0.320 e. The van der Waals surface area contributed by atoms with Gasteiger partial charge >= 0.3 is 17.9 Å². The third kappa shape index (κ3) is 24.8. The van der Waals surface area contributed by atoms with E-state index in [2.05, 4.69) is 10.2 Å². The zero-order valence-electron chi connectivity index (χ0n) is 27.6. The summed E-state index contributed by atoms with van der Waals surface area (Å²) in [6.45, 7) is 8.77. The minimum Gasteiger partial charge on any atom is -0.483 e. The zero-order valence-corrected chi connectivity index (χ0v) is 27.6. The molecule has 274 valence electrons. The lowest BCUT2D eigenvalue weighted by atomic mass is 10.1. The molecule has 0 aromatic rings. The van der Waals surface area contributed by atoms with Crippen LogP contribution in [0.3, 0.4) is 0 Å². The Morgan fingerprint density at radius 2 is 1.21 bits per heavy atom. The quantitative estimate of drug-likeness (QED) is 0.0527. The average molecular weight is 681 g/mol. The maximum absolute atomic E-state index is 12.5. The fraction of sp³-hybridized carbons (Fsp3) is 0.828. The second-order valence-electron chi connectivity index (χ2n) is 10.7. The first-order chi connectivity index (χ1) is 22.6. The highest BCUT2D eigenvalue weighted by molar-refractivity contribution is 5.78. The molecule has 1 amide bonds. The second-order valence-corrected chi connectivity index (χ2v) is 10.7. The first-order valence-corrected chi connectivity index (χ1v) is 15.9. The Morgan fingerprint density at radius 1 is 0.766 bits per heavy atom. The van der Waals surface area contributed by atoms with Gasteiger partial charge in [0.15, 0.2) is 0 Å². The number of carboxylic acids is 3. The van der Waals surface area contributed by atoms with Gasteiger partial charge in [-0.1, -0.05) is 6.92 Å². The number of ether oxygens (including phenoxy) is 3. The molecule has 1 fully saturated rings. The molecule has 7 N–H and O–H groups in total. The third-order valence-corrected chi connectivity index (χ3v) is 7.07. The molecule has 0 bridgehead atoms. The molecule has 0 aliphatic carbocycles. The SMILES string of the molecule is CCCN1CCN(CC(=O)O)CCN(CC(=O)O)CCN(C(CCC(=O)NCCOCCOCCOCCN)C(=O)O)CC1.O=CO. The van der Waals surface area contributed by atoms with Gasteiger partial charge in [0, 0.05) is 71.9 Å². The fourth-order valence-corrected chi connectivity index (χ4v) is 4.81. The van der Waals surface area contributed by atoms with Crippen molar-refractivity contribution < 1.29 is 58.6 Å². The van der Waals surface area contributed by atoms with Crippen LogP contribution in [0.1, 0.15) is 26.2 Å². The number of rotatable bonds is 22. The maximum atomic E-state index is 12.5. The highest BCUT2D eigenvalue weighted by Crippen LogP contribution is 2.11. The van der Waals surface area contributed by atoms with Gasteiger partial charge in [-0.15, -0.1) is 0 Å². The molecule has 1 unspecified atom stereocenters. The molecule has 1 atom stereocenters. The van der Waals surface area contributed by atoms with Crippen molar-refractivity contribution in [2.45, 2.75) is 32.2 Å². The number of hydrogen-bond donors (Lipinski definition) is 6. The molecule has 0 saturated carbocycles. The summed E-state index contributed by atoms with van der Waals surface area (Å²) in [6, 6.07) is -0.926. The summed E-state index contributed by atoms with van der Waals surface area (Å²) < 4.78 is 16.0. The van der Waals surface area contributed by atoms with Crippen molar-refractivity contribution in [2.24, 2.45) is 5.73 Å². The van der Waals surface area contributed by atoms with Gasteiger partial charge in [-0.2, -0.15) is 0 Å². The Bertz CT molecular complexity index is 872. The normalized spacial score (nSPS) is 16.6. The largest absolute Gasteiger partial charge is 0.483 e. The fourth-order valence-electron chi connectivity index (χ4n) is 4.81. The first-order valence-electron chi connectivity index (χ1n) is 15.9. The minimum atomic E-state index is -1.04. The van der Waals surface area contributed by atoms with Crippen LogP contribution in [0.4, 0.5) is 0 Å². The topological polar surface area (TPSA) is 245 Å². The van der Waals surface area contributed by atoms with Gasteiger partial charge in [0.05, 0.1) is 52.7 Å². The van der Waals surface area contributed by atoms with Crippen LogP contribution in [-0.4, -0.2) is 201 Å². The Balaban J connectivity index is 0.00000677. The molecule has 1 saturated heterocycles. The van der Waals surface area contributed by atoms with Crippen LogP contribution in [0.2, 0.25) is 0 Å². The summed E-state index contributed by atoms with van der Waals surface area (Å²) in [5.41, 5.74) is 5.34.